The molecular weight excluding hydrogens is 365 g/mol. The zero-order chi connectivity index (χ0) is 20.2. The number of halogens is 3. The summed E-state index contributed by atoms with van der Waals surface area (Å²) in [5.41, 5.74) is 3.89. The number of methoxy groups -OCH3 is 1. The zero-order valence-corrected chi connectivity index (χ0v) is 14.6. The molecule has 0 saturated carbocycles. The number of hydrogen-bond acceptors (Lipinski definition) is 6. The number of nitriles is 1. The maximum absolute atomic E-state index is 13.5. The molecule has 1 atom stereocenters. The quantitative estimate of drug-likeness (QED) is 0.787. The van der Waals surface area contributed by atoms with E-state index >= 15 is 0 Å². The van der Waals surface area contributed by atoms with Crippen LogP contribution in [0.1, 0.15) is 24.0 Å². The summed E-state index contributed by atoms with van der Waals surface area (Å²) in [6.07, 6.45) is -4.70. The van der Waals surface area contributed by atoms with Crippen molar-refractivity contribution in [3.63, 3.8) is 0 Å². The van der Waals surface area contributed by atoms with E-state index in [1.165, 1.54) is 25.3 Å². The Morgan fingerprint density at radius 1 is 1.37 bits per heavy atom. The van der Waals surface area contributed by atoms with E-state index in [2.05, 4.69) is 0 Å². The lowest BCUT2D eigenvalue weighted by molar-refractivity contribution is -0.141. The third-order valence-corrected chi connectivity index (χ3v) is 3.84. The predicted octanol–water partition coefficient (Wildman–Crippen LogP) is 2.98. The number of rotatable bonds is 5. The van der Waals surface area contributed by atoms with Crippen molar-refractivity contribution in [1.82, 2.24) is 0 Å². The Labute approximate surface area is 153 Å². The van der Waals surface area contributed by atoms with Gasteiger partial charge in [-0.25, -0.2) is 4.79 Å². The summed E-state index contributed by atoms with van der Waals surface area (Å²) in [6.45, 7) is 1.29. The molecule has 0 spiro atoms. The largest absolute Gasteiger partial charge is 0.463 e. The molecule has 1 aliphatic rings. The topological polar surface area (TPSA) is 94.6 Å². The Hall–Kier alpha value is -2.99. The smallest absolute Gasteiger partial charge is 0.416 e. The van der Waals surface area contributed by atoms with Crippen LogP contribution in [0.3, 0.4) is 0 Å². The van der Waals surface area contributed by atoms with E-state index in [4.69, 9.17) is 19.9 Å². The monoisotopic (exact) mass is 382 g/mol. The van der Waals surface area contributed by atoms with Gasteiger partial charge in [0.1, 0.15) is 24.0 Å². The van der Waals surface area contributed by atoms with Crippen molar-refractivity contribution in [2.24, 2.45) is 5.73 Å². The Morgan fingerprint density at radius 3 is 2.59 bits per heavy atom. The molecule has 0 radical (unpaired) electrons. The Morgan fingerprint density at radius 2 is 2.04 bits per heavy atom. The minimum absolute atomic E-state index is 0.0166. The maximum Gasteiger partial charge on any atom is 0.416 e. The lowest BCUT2D eigenvalue weighted by Crippen LogP contribution is -2.29. The van der Waals surface area contributed by atoms with E-state index in [1.807, 2.05) is 0 Å². The van der Waals surface area contributed by atoms with Crippen molar-refractivity contribution < 1.29 is 32.2 Å². The van der Waals surface area contributed by atoms with Crippen LogP contribution in [0.4, 0.5) is 13.2 Å². The van der Waals surface area contributed by atoms with Gasteiger partial charge in [-0.3, -0.25) is 0 Å². The lowest BCUT2D eigenvalue weighted by atomic mass is 9.80. The minimum Gasteiger partial charge on any atom is -0.463 e. The molecular formula is C18H17F3N2O4. The molecule has 1 aromatic carbocycles. The number of nitrogens with two attached hydrogens (primary N) is 1. The second-order valence-corrected chi connectivity index (χ2v) is 5.50. The molecule has 0 saturated heterocycles. The van der Waals surface area contributed by atoms with Gasteiger partial charge in [-0.05, 0) is 18.6 Å². The molecule has 1 heterocycles. The van der Waals surface area contributed by atoms with Crippen LogP contribution in [-0.2, 0) is 25.2 Å². The van der Waals surface area contributed by atoms with Gasteiger partial charge in [-0.2, -0.15) is 18.4 Å². The molecule has 0 aliphatic carbocycles. The van der Waals surface area contributed by atoms with Gasteiger partial charge >= 0.3 is 12.1 Å². The van der Waals surface area contributed by atoms with Crippen LogP contribution in [-0.4, -0.2) is 26.3 Å². The van der Waals surface area contributed by atoms with Crippen molar-refractivity contribution in [2.75, 3.05) is 20.3 Å². The van der Waals surface area contributed by atoms with Gasteiger partial charge in [0, 0.05) is 7.11 Å². The van der Waals surface area contributed by atoms with E-state index < -0.39 is 23.6 Å². The summed E-state index contributed by atoms with van der Waals surface area (Å²) in [5, 5.41) is 9.48. The Bertz CT molecular complexity index is 838. The molecule has 6 nitrogen and oxygen atoms in total. The van der Waals surface area contributed by atoms with Crippen LogP contribution in [0.2, 0.25) is 0 Å². The first kappa shape index (κ1) is 20.3. The molecule has 1 aliphatic heterocycles. The second-order valence-electron chi connectivity index (χ2n) is 5.50. The molecule has 2 rings (SSSR count). The van der Waals surface area contributed by atoms with Gasteiger partial charge in [-0.1, -0.05) is 18.2 Å². The molecule has 0 amide bonds. The normalized spacial score (nSPS) is 17.4. The number of carbonyl (C=O) groups excluding carboxylic acids is 1. The average molecular weight is 382 g/mol. The molecule has 1 unspecified atom stereocenters. The number of esters is 1. The van der Waals surface area contributed by atoms with Crippen molar-refractivity contribution in [2.45, 2.75) is 19.0 Å². The molecule has 0 bridgehead atoms. The van der Waals surface area contributed by atoms with Crippen molar-refractivity contribution >= 4 is 5.97 Å². The fourth-order valence-corrected chi connectivity index (χ4v) is 2.81. The number of hydrogen-bond donors (Lipinski definition) is 1. The minimum atomic E-state index is -4.70. The van der Waals surface area contributed by atoms with E-state index in [0.717, 1.165) is 6.07 Å². The molecule has 2 N–H and O–H groups in total. The number of carbonyl (C=O) groups is 1. The van der Waals surface area contributed by atoms with E-state index in [9.17, 15) is 23.2 Å². The van der Waals surface area contributed by atoms with Crippen LogP contribution >= 0.6 is 0 Å². The first-order chi connectivity index (χ1) is 12.8. The van der Waals surface area contributed by atoms with Crippen molar-refractivity contribution in [3.05, 3.63) is 58.2 Å². The van der Waals surface area contributed by atoms with E-state index in [1.54, 1.807) is 13.0 Å². The molecule has 9 heteroatoms. The lowest BCUT2D eigenvalue weighted by Gasteiger charge is -2.29. The third-order valence-electron chi connectivity index (χ3n) is 3.84. The van der Waals surface area contributed by atoms with Crippen LogP contribution < -0.4 is 5.73 Å². The van der Waals surface area contributed by atoms with E-state index in [-0.39, 0.29) is 41.6 Å². The van der Waals surface area contributed by atoms with Crippen LogP contribution in [0.15, 0.2) is 47.1 Å². The predicted molar refractivity (Wildman–Crippen MR) is 87.6 cm³/mol. The van der Waals surface area contributed by atoms with Gasteiger partial charge in [0.2, 0.25) is 5.88 Å². The number of alkyl halides is 3. The Kier molecular flexibility index (Phi) is 6.13. The first-order valence-electron chi connectivity index (χ1n) is 7.89. The van der Waals surface area contributed by atoms with Gasteiger partial charge in [0.15, 0.2) is 0 Å². The summed E-state index contributed by atoms with van der Waals surface area (Å²) in [6, 6.07) is 6.40. The van der Waals surface area contributed by atoms with Gasteiger partial charge in [-0.15, -0.1) is 0 Å². The fourth-order valence-electron chi connectivity index (χ4n) is 2.81. The SMILES string of the molecule is CCOC(=O)C1=C(COC)OC(N)=C(C#N)C1c1ccccc1C(F)(F)F. The van der Waals surface area contributed by atoms with Crippen LogP contribution in [0.25, 0.3) is 0 Å². The zero-order valence-electron chi connectivity index (χ0n) is 14.6. The Balaban J connectivity index is 2.79. The summed E-state index contributed by atoms with van der Waals surface area (Å²) < 4.78 is 55.8. The van der Waals surface area contributed by atoms with Gasteiger partial charge in [0.25, 0.3) is 0 Å². The van der Waals surface area contributed by atoms with Gasteiger partial charge in [0.05, 0.1) is 23.7 Å². The number of benzene rings is 1. The highest BCUT2D eigenvalue weighted by Crippen LogP contribution is 2.44. The van der Waals surface area contributed by atoms with E-state index in [0.29, 0.717) is 0 Å². The van der Waals surface area contributed by atoms with Crippen molar-refractivity contribution in [1.29, 1.82) is 5.26 Å². The fraction of sp³-hybridized carbons (Fsp3) is 0.333. The van der Waals surface area contributed by atoms with Crippen LogP contribution in [0.5, 0.6) is 0 Å². The highest BCUT2D eigenvalue weighted by atomic mass is 19.4. The summed E-state index contributed by atoms with van der Waals surface area (Å²) in [4.78, 5) is 12.5. The molecule has 1 aromatic rings. The highest BCUT2D eigenvalue weighted by molar-refractivity contribution is 5.92. The molecule has 27 heavy (non-hydrogen) atoms. The van der Waals surface area contributed by atoms with Crippen molar-refractivity contribution in [3.8, 4) is 6.07 Å². The summed E-state index contributed by atoms with van der Waals surface area (Å²) >= 11 is 0. The standard InChI is InChI=1S/C18H17F3N2O4/c1-3-26-17(24)15-13(9-25-2)27-16(23)11(8-22)14(15)10-6-4-5-7-12(10)18(19,20)21/h4-7,14H,3,9,23H2,1-2H3. The number of ether oxygens (including phenoxy) is 3. The highest BCUT2D eigenvalue weighted by Gasteiger charge is 2.42. The molecule has 0 fully saturated rings. The number of allylic oxidation sites excluding steroid dienone is 1. The summed E-state index contributed by atoms with van der Waals surface area (Å²) in [7, 11) is 1.32. The van der Waals surface area contributed by atoms with Crippen LogP contribution in [0, 0.1) is 11.3 Å². The number of nitrogens with zero attached hydrogens (tertiary/aromatic N) is 1. The molecule has 0 aromatic heterocycles. The first-order valence-corrected chi connectivity index (χ1v) is 7.89. The van der Waals surface area contributed by atoms with Gasteiger partial charge < -0.3 is 19.9 Å². The second kappa shape index (κ2) is 8.14. The third kappa shape index (κ3) is 4.06. The average Bonchev–Trinajstić information content (AvgIpc) is 2.61. The summed E-state index contributed by atoms with van der Waals surface area (Å²) in [5.74, 6) is -2.80. The molecule has 144 valence electrons. The maximum atomic E-state index is 13.5.